The van der Waals surface area contributed by atoms with Crippen LogP contribution in [0.1, 0.15) is 38.9 Å². The molecule has 0 aliphatic heterocycles. The molecule has 166 valence electrons. The quantitative estimate of drug-likeness (QED) is 0.579. The molecule has 1 fully saturated rings. The Balaban J connectivity index is 1.40. The Bertz CT molecular complexity index is 1160. The van der Waals surface area contributed by atoms with Gasteiger partial charge < -0.3 is 15.7 Å². The van der Waals surface area contributed by atoms with Crippen molar-refractivity contribution < 1.29 is 18.7 Å². The summed E-state index contributed by atoms with van der Waals surface area (Å²) in [5.41, 5.74) is 5.70. The Hall–Kier alpha value is -2.88. The van der Waals surface area contributed by atoms with Gasteiger partial charge in [0.05, 0.1) is 11.5 Å². The van der Waals surface area contributed by atoms with Crippen LogP contribution < -0.4 is 5.73 Å². The van der Waals surface area contributed by atoms with E-state index in [2.05, 4.69) is 15.1 Å². The number of aromatic nitrogens is 4. The van der Waals surface area contributed by atoms with Crippen LogP contribution in [0, 0.1) is 23.0 Å². The average molecular weight is 432 g/mol. The number of nitrogen functional groups attached to an aromatic ring is 1. The van der Waals surface area contributed by atoms with Crippen molar-refractivity contribution in [3.63, 3.8) is 0 Å². The van der Waals surface area contributed by atoms with Crippen LogP contribution in [-0.4, -0.2) is 55.2 Å². The third-order valence-corrected chi connectivity index (χ3v) is 6.40. The number of unbranched alkanes of at least 4 members (excludes halogenated alkanes) is 1. The standard InChI is InChI=1S/C21H26F2N6O2/c1-21(2)13(10-15(21)30)19(31)28(3)7-5-4-6-16-25-18-12-8-11(22)9-14(23)17(12)26-20(24)29(18)27-16/h8-9,13,15,30H,4-7,10H2,1-3H3,(H2,24,26)/t13-,15-/m1/s1. The van der Waals surface area contributed by atoms with Gasteiger partial charge in [0.25, 0.3) is 0 Å². The zero-order chi connectivity index (χ0) is 22.5. The number of hydrogen-bond donors (Lipinski definition) is 2. The van der Waals surface area contributed by atoms with Crippen molar-refractivity contribution >= 4 is 28.4 Å². The minimum atomic E-state index is -0.802. The Morgan fingerprint density at radius 2 is 2.06 bits per heavy atom. The van der Waals surface area contributed by atoms with E-state index in [4.69, 9.17) is 5.73 Å². The van der Waals surface area contributed by atoms with Crippen molar-refractivity contribution in [3.05, 3.63) is 29.6 Å². The van der Waals surface area contributed by atoms with Crippen molar-refractivity contribution in [2.45, 2.75) is 45.6 Å². The predicted octanol–water partition coefficient (Wildman–Crippen LogP) is 2.33. The number of benzene rings is 1. The van der Waals surface area contributed by atoms with Crippen LogP contribution >= 0.6 is 0 Å². The van der Waals surface area contributed by atoms with Gasteiger partial charge in [-0.3, -0.25) is 4.79 Å². The van der Waals surface area contributed by atoms with Crippen molar-refractivity contribution in [3.8, 4) is 0 Å². The molecule has 1 aliphatic carbocycles. The second-order valence-corrected chi connectivity index (χ2v) is 8.86. The third kappa shape index (κ3) is 3.69. The Labute approximate surface area is 178 Å². The second kappa shape index (κ2) is 7.67. The van der Waals surface area contributed by atoms with Gasteiger partial charge in [0.1, 0.15) is 11.3 Å². The number of carbonyl (C=O) groups is 1. The normalized spacial score (nSPS) is 20.2. The maximum Gasteiger partial charge on any atom is 0.226 e. The van der Waals surface area contributed by atoms with E-state index in [1.807, 2.05) is 13.8 Å². The van der Waals surface area contributed by atoms with Crippen molar-refractivity contribution in [2.75, 3.05) is 19.3 Å². The molecule has 3 N–H and O–H groups in total. The van der Waals surface area contributed by atoms with Crippen LogP contribution in [0.4, 0.5) is 14.7 Å². The van der Waals surface area contributed by atoms with E-state index in [0.29, 0.717) is 25.2 Å². The molecule has 2 heterocycles. The Kier molecular flexibility index (Phi) is 5.28. The molecular formula is C21H26F2N6O2. The smallest absolute Gasteiger partial charge is 0.226 e. The maximum absolute atomic E-state index is 14.0. The van der Waals surface area contributed by atoms with E-state index in [-0.39, 0.29) is 39.7 Å². The number of aliphatic hydroxyl groups excluding tert-OH is 1. The van der Waals surface area contributed by atoms with E-state index in [1.165, 1.54) is 4.52 Å². The fraction of sp³-hybridized carbons (Fsp3) is 0.524. The van der Waals surface area contributed by atoms with E-state index in [1.54, 1.807) is 11.9 Å². The summed E-state index contributed by atoms with van der Waals surface area (Å²) < 4.78 is 29.0. The SMILES string of the molecule is CN(CCCCc1nc2c3cc(F)cc(F)c3nc(N)n2n1)C(=O)[C@H]1C[C@@H](O)C1(C)C. The summed E-state index contributed by atoms with van der Waals surface area (Å²) in [6.45, 7) is 4.40. The minimum absolute atomic E-state index is 0.0256. The highest BCUT2D eigenvalue weighted by molar-refractivity contribution is 5.92. The summed E-state index contributed by atoms with van der Waals surface area (Å²) in [4.78, 5) is 22.7. The van der Waals surface area contributed by atoms with Gasteiger partial charge in [-0.25, -0.2) is 18.7 Å². The minimum Gasteiger partial charge on any atom is -0.393 e. The molecule has 1 saturated carbocycles. The van der Waals surface area contributed by atoms with Gasteiger partial charge in [-0.1, -0.05) is 13.8 Å². The highest BCUT2D eigenvalue weighted by atomic mass is 19.1. The number of nitrogens with zero attached hydrogens (tertiary/aromatic N) is 5. The molecule has 0 unspecified atom stereocenters. The molecule has 0 saturated heterocycles. The van der Waals surface area contributed by atoms with E-state index >= 15 is 0 Å². The first-order chi connectivity index (χ1) is 14.6. The molecular weight excluding hydrogens is 406 g/mol. The summed E-state index contributed by atoms with van der Waals surface area (Å²) in [7, 11) is 1.77. The van der Waals surface area contributed by atoms with Gasteiger partial charge in [-0.2, -0.15) is 4.52 Å². The molecule has 1 aliphatic rings. The molecule has 0 radical (unpaired) electrons. The number of halogens is 2. The number of carbonyl (C=O) groups excluding carboxylic acids is 1. The fourth-order valence-corrected chi connectivity index (χ4v) is 4.14. The number of rotatable bonds is 6. The molecule has 0 bridgehead atoms. The van der Waals surface area contributed by atoms with Crippen LogP contribution in [0.15, 0.2) is 12.1 Å². The molecule has 4 rings (SSSR count). The van der Waals surface area contributed by atoms with Gasteiger partial charge in [0, 0.05) is 37.4 Å². The summed E-state index contributed by atoms with van der Waals surface area (Å²) in [5, 5.41) is 14.4. The highest BCUT2D eigenvalue weighted by Crippen LogP contribution is 2.46. The Morgan fingerprint density at radius 3 is 2.74 bits per heavy atom. The van der Waals surface area contributed by atoms with E-state index < -0.39 is 17.7 Å². The number of anilines is 1. The molecule has 10 heteroatoms. The van der Waals surface area contributed by atoms with Gasteiger partial charge in [-0.15, -0.1) is 5.10 Å². The fourth-order valence-electron chi connectivity index (χ4n) is 4.14. The topological polar surface area (TPSA) is 110 Å². The van der Waals surface area contributed by atoms with Crippen LogP contribution in [0.2, 0.25) is 0 Å². The lowest BCUT2D eigenvalue weighted by molar-refractivity contribution is -0.160. The average Bonchev–Trinajstić information content (AvgIpc) is 3.15. The van der Waals surface area contributed by atoms with Crippen molar-refractivity contribution in [1.29, 1.82) is 0 Å². The first-order valence-electron chi connectivity index (χ1n) is 10.3. The predicted molar refractivity (Wildman–Crippen MR) is 111 cm³/mol. The first-order valence-corrected chi connectivity index (χ1v) is 10.3. The number of hydrogen-bond acceptors (Lipinski definition) is 6. The largest absolute Gasteiger partial charge is 0.393 e. The summed E-state index contributed by atoms with van der Waals surface area (Å²) in [5.74, 6) is -1.17. The highest BCUT2D eigenvalue weighted by Gasteiger charge is 2.51. The first kappa shape index (κ1) is 21.4. The van der Waals surface area contributed by atoms with E-state index in [9.17, 15) is 18.7 Å². The number of aliphatic hydroxyl groups is 1. The zero-order valence-corrected chi connectivity index (χ0v) is 17.8. The zero-order valence-electron chi connectivity index (χ0n) is 17.8. The van der Waals surface area contributed by atoms with Gasteiger partial charge in [0.2, 0.25) is 11.9 Å². The third-order valence-electron chi connectivity index (χ3n) is 6.40. The number of aryl methyl sites for hydroxylation is 1. The summed E-state index contributed by atoms with van der Waals surface area (Å²) >= 11 is 0. The molecule has 8 nitrogen and oxygen atoms in total. The van der Waals surface area contributed by atoms with Crippen molar-refractivity contribution in [1.82, 2.24) is 24.5 Å². The van der Waals surface area contributed by atoms with Crippen LogP contribution in [-0.2, 0) is 11.2 Å². The summed E-state index contributed by atoms with van der Waals surface area (Å²) in [6, 6.07) is 1.92. The second-order valence-electron chi connectivity index (χ2n) is 8.86. The lowest BCUT2D eigenvalue weighted by Gasteiger charge is -2.49. The molecule has 1 aromatic carbocycles. The molecule has 0 spiro atoms. The number of fused-ring (bicyclic) bond motifs is 3. The monoisotopic (exact) mass is 432 g/mol. The lowest BCUT2D eigenvalue weighted by atomic mass is 9.59. The van der Waals surface area contributed by atoms with E-state index in [0.717, 1.165) is 25.0 Å². The maximum atomic E-state index is 14.0. The van der Waals surface area contributed by atoms with Crippen LogP contribution in [0.5, 0.6) is 0 Å². The van der Waals surface area contributed by atoms with Gasteiger partial charge in [-0.05, 0) is 25.3 Å². The van der Waals surface area contributed by atoms with Crippen LogP contribution in [0.3, 0.4) is 0 Å². The lowest BCUT2D eigenvalue weighted by Crippen LogP contribution is -2.55. The van der Waals surface area contributed by atoms with Gasteiger partial charge in [0.15, 0.2) is 17.3 Å². The molecule has 2 atom stereocenters. The summed E-state index contributed by atoms with van der Waals surface area (Å²) in [6.07, 6.45) is 2.06. The molecule has 31 heavy (non-hydrogen) atoms. The number of amides is 1. The Morgan fingerprint density at radius 1 is 1.32 bits per heavy atom. The molecule has 3 aromatic rings. The molecule has 1 amide bonds. The number of nitrogens with two attached hydrogens (primary N) is 1. The van der Waals surface area contributed by atoms with Gasteiger partial charge >= 0.3 is 0 Å². The van der Waals surface area contributed by atoms with Crippen LogP contribution in [0.25, 0.3) is 16.6 Å². The molecule has 2 aromatic heterocycles. The van der Waals surface area contributed by atoms with Crippen molar-refractivity contribution in [2.24, 2.45) is 11.3 Å².